The van der Waals surface area contributed by atoms with Gasteiger partial charge < -0.3 is 15.3 Å². The zero-order valence-electron chi connectivity index (χ0n) is 19.0. The van der Waals surface area contributed by atoms with Crippen molar-refractivity contribution in [3.8, 4) is 17.0 Å². The molecule has 2 heterocycles. The molecule has 0 atom stereocenters. The zero-order valence-corrected chi connectivity index (χ0v) is 19.8. The number of anilines is 1. The van der Waals surface area contributed by atoms with Crippen LogP contribution in [0.5, 0.6) is 5.75 Å². The second-order valence-electron chi connectivity index (χ2n) is 9.08. The van der Waals surface area contributed by atoms with Gasteiger partial charge in [-0.05, 0) is 76.9 Å². The van der Waals surface area contributed by atoms with E-state index < -0.39 is 11.6 Å². The van der Waals surface area contributed by atoms with Gasteiger partial charge in [-0.3, -0.25) is 9.78 Å². The van der Waals surface area contributed by atoms with E-state index in [1.165, 1.54) is 19.1 Å². The zero-order chi connectivity index (χ0) is 23.7. The molecule has 2 aromatic heterocycles. The van der Waals surface area contributed by atoms with Crippen molar-refractivity contribution in [2.24, 2.45) is 5.92 Å². The Labute approximate surface area is 197 Å². The molecule has 0 spiro atoms. The van der Waals surface area contributed by atoms with Crippen LogP contribution in [-0.2, 0) is 0 Å². The number of phenolic OH excluding ortho intramolecular Hbond substituents is 1. The summed E-state index contributed by atoms with van der Waals surface area (Å²) in [6.45, 7) is 2.60. The highest BCUT2D eigenvalue weighted by Gasteiger charge is 2.24. The van der Waals surface area contributed by atoms with Gasteiger partial charge in [0.2, 0.25) is 0 Å². The average Bonchev–Trinajstić information content (AvgIpc) is 2.77. The number of phenols is 1. The van der Waals surface area contributed by atoms with E-state index in [4.69, 9.17) is 16.6 Å². The SMILES string of the molecule is CC(=O)c1cnc2ccc(-c3cc(F)c(O)c(Cl)c3)nc2c1N[C@H]1CC[C@@H](CN(C)C)CC1. The summed E-state index contributed by atoms with van der Waals surface area (Å²) in [5.74, 6) is -0.825. The van der Waals surface area contributed by atoms with E-state index in [1.54, 1.807) is 18.3 Å². The minimum Gasteiger partial charge on any atom is -0.504 e. The fourth-order valence-corrected chi connectivity index (χ4v) is 4.77. The molecule has 0 bridgehead atoms. The third-order valence-corrected chi connectivity index (χ3v) is 6.51. The van der Waals surface area contributed by atoms with Gasteiger partial charge in [0.15, 0.2) is 17.3 Å². The summed E-state index contributed by atoms with van der Waals surface area (Å²) < 4.78 is 14.1. The lowest BCUT2D eigenvalue weighted by molar-refractivity contribution is 0.101. The molecular weight excluding hydrogens is 443 g/mol. The van der Waals surface area contributed by atoms with Gasteiger partial charge in [0, 0.05) is 24.3 Å². The monoisotopic (exact) mass is 470 g/mol. The van der Waals surface area contributed by atoms with Crippen molar-refractivity contribution < 1.29 is 14.3 Å². The van der Waals surface area contributed by atoms with E-state index in [0.29, 0.717) is 39.5 Å². The normalized spacial score (nSPS) is 18.6. The first-order valence-corrected chi connectivity index (χ1v) is 11.5. The lowest BCUT2D eigenvalue weighted by atomic mass is 9.85. The van der Waals surface area contributed by atoms with Gasteiger partial charge in [-0.25, -0.2) is 9.37 Å². The first-order valence-electron chi connectivity index (χ1n) is 11.1. The van der Waals surface area contributed by atoms with Crippen molar-refractivity contribution in [1.82, 2.24) is 14.9 Å². The summed E-state index contributed by atoms with van der Waals surface area (Å²) in [6, 6.07) is 6.41. The molecule has 4 rings (SSSR count). The van der Waals surface area contributed by atoms with Crippen molar-refractivity contribution in [2.45, 2.75) is 38.6 Å². The van der Waals surface area contributed by atoms with Crippen molar-refractivity contribution in [3.05, 3.63) is 46.9 Å². The van der Waals surface area contributed by atoms with Crippen LogP contribution < -0.4 is 5.32 Å². The summed E-state index contributed by atoms with van der Waals surface area (Å²) in [7, 11) is 4.20. The van der Waals surface area contributed by atoms with Crippen LogP contribution in [0.3, 0.4) is 0 Å². The third kappa shape index (κ3) is 5.09. The number of ketones is 1. The van der Waals surface area contributed by atoms with Gasteiger partial charge >= 0.3 is 0 Å². The van der Waals surface area contributed by atoms with Crippen LogP contribution in [0.2, 0.25) is 5.02 Å². The molecule has 3 aromatic rings. The number of nitrogens with zero attached hydrogens (tertiary/aromatic N) is 3. The molecule has 0 amide bonds. The molecular formula is C25H28ClFN4O2. The van der Waals surface area contributed by atoms with E-state index in [1.807, 2.05) is 0 Å². The topological polar surface area (TPSA) is 78.3 Å². The standard InChI is InChI=1S/C25H28ClFN4O2/c1-14(32)18-12-28-22-9-8-21(16-10-19(26)25(33)20(27)11-16)30-24(22)23(18)29-17-6-4-15(5-7-17)13-31(2)3/h8-12,15,17,33H,4-7,13H2,1-3H3,(H,28,29)/t15-,17+. The molecule has 0 radical (unpaired) electrons. The maximum Gasteiger partial charge on any atom is 0.170 e. The molecule has 33 heavy (non-hydrogen) atoms. The van der Waals surface area contributed by atoms with E-state index in [-0.39, 0.29) is 16.8 Å². The van der Waals surface area contributed by atoms with Crippen molar-refractivity contribution >= 4 is 34.1 Å². The Morgan fingerprint density at radius 3 is 2.61 bits per heavy atom. The molecule has 0 unspecified atom stereocenters. The summed E-state index contributed by atoms with van der Waals surface area (Å²) in [5, 5.41) is 13.1. The van der Waals surface area contributed by atoms with E-state index in [9.17, 15) is 14.3 Å². The molecule has 1 fully saturated rings. The Morgan fingerprint density at radius 2 is 1.97 bits per heavy atom. The van der Waals surface area contributed by atoms with Gasteiger partial charge in [0.05, 0.1) is 27.5 Å². The number of nitrogens with one attached hydrogen (secondary N) is 1. The highest BCUT2D eigenvalue weighted by atomic mass is 35.5. The largest absolute Gasteiger partial charge is 0.504 e. The number of halogens is 2. The van der Waals surface area contributed by atoms with Crippen LogP contribution in [0.4, 0.5) is 10.1 Å². The number of aromatic hydroxyl groups is 1. The summed E-state index contributed by atoms with van der Waals surface area (Å²) in [6.07, 6.45) is 5.86. The van der Waals surface area contributed by atoms with E-state index >= 15 is 0 Å². The van der Waals surface area contributed by atoms with Crippen molar-refractivity contribution in [2.75, 3.05) is 26.0 Å². The Balaban J connectivity index is 1.71. The highest BCUT2D eigenvalue weighted by Crippen LogP contribution is 2.35. The Kier molecular flexibility index (Phi) is 6.81. The number of benzene rings is 1. The molecule has 1 aliphatic rings. The number of hydrogen-bond acceptors (Lipinski definition) is 6. The van der Waals surface area contributed by atoms with Crippen molar-refractivity contribution in [1.29, 1.82) is 0 Å². The summed E-state index contributed by atoms with van der Waals surface area (Å²) in [4.78, 5) is 23.8. The van der Waals surface area contributed by atoms with E-state index in [0.717, 1.165) is 32.2 Å². The summed E-state index contributed by atoms with van der Waals surface area (Å²) >= 11 is 5.97. The lowest BCUT2D eigenvalue weighted by Crippen LogP contribution is -2.31. The van der Waals surface area contributed by atoms with Crippen LogP contribution in [0.1, 0.15) is 43.0 Å². The fraction of sp³-hybridized carbons (Fsp3) is 0.400. The predicted molar refractivity (Wildman–Crippen MR) is 130 cm³/mol. The quantitative estimate of drug-likeness (QED) is 0.461. The first-order chi connectivity index (χ1) is 15.7. The Hall–Kier alpha value is -2.77. The molecule has 0 aliphatic heterocycles. The molecule has 8 heteroatoms. The van der Waals surface area contributed by atoms with Crippen LogP contribution in [0, 0.1) is 11.7 Å². The Bertz CT molecular complexity index is 1170. The number of pyridine rings is 2. The maximum atomic E-state index is 14.1. The maximum absolute atomic E-state index is 14.1. The minimum atomic E-state index is -0.817. The van der Waals surface area contributed by atoms with Crippen LogP contribution >= 0.6 is 11.6 Å². The van der Waals surface area contributed by atoms with Crippen LogP contribution in [0.15, 0.2) is 30.5 Å². The first kappa shape index (κ1) is 23.4. The molecule has 1 saturated carbocycles. The van der Waals surface area contributed by atoms with Crippen LogP contribution in [-0.4, -0.2) is 52.4 Å². The summed E-state index contributed by atoms with van der Waals surface area (Å²) in [5.41, 5.74) is 3.25. The Morgan fingerprint density at radius 1 is 1.24 bits per heavy atom. The predicted octanol–water partition coefficient (Wildman–Crippen LogP) is 5.53. The molecule has 2 N–H and O–H groups in total. The fourth-order valence-electron chi connectivity index (χ4n) is 4.56. The second kappa shape index (κ2) is 9.61. The molecule has 174 valence electrons. The molecule has 6 nitrogen and oxygen atoms in total. The van der Waals surface area contributed by atoms with Gasteiger partial charge in [0.25, 0.3) is 0 Å². The number of Topliss-reactive ketones (excluding diaryl/α,β-unsaturated/α-hetero) is 1. The average molecular weight is 471 g/mol. The molecule has 0 saturated heterocycles. The van der Waals surface area contributed by atoms with Gasteiger partial charge in [-0.1, -0.05) is 11.6 Å². The van der Waals surface area contributed by atoms with Gasteiger partial charge in [-0.2, -0.15) is 0 Å². The van der Waals surface area contributed by atoms with Crippen LogP contribution in [0.25, 0.3) is 22.3 Å². The third-order valence-electron chi connectivity index (χ3n) is 6.22. The van der Waals surface area contributed by atoms with Gasteiger partial charge in [0.1, 0.15) is 5.52 Å². The number of rotatable bonds is 6. The second-order valence-corrected chi connectivity index (χ2v) is 9.49. The molecule has 1 aliphatic carbocycles. The minimum absolute atomic E-state index is 0.0876. The highest BCUT2D eigenvalue weighted by molar-refractivity contribution is 6.32. The molecule has 1 aromatic carbocycles. The number of fused-ring (bicyclic) bond motifs is 1. The smallest absolute Gasteiger partial charge is 0.170 e. The van der Waals surface area contributed by atoms with E-state index in [2.05, 4.69) is 29.3 Å². The van der Waals surface area contributed by atoms with Gasteiger partial charge in [-0.15, -0.1) is 0 Å². The van der Waals surface area contributed by atoms with Crippen molar-refractivity contribution in [3.63, 3.8) is 0 Å². The number of aromatic nitrogens is 2. The number of carbonyl (C=O) groups is 1. The number of carbonyl (C=O) groups excluding carboxylic acids is 1. The number of hydrogen-bond donors (Lipinski definition) is 2. The lowest BCUT2D eigenvalue weighted by Gasteiger charge is -2.31.